The fourth-order valence-electron chi connectivity index (χ4n) is 4.55. The molecule has 4 rings (SSSR count). The van der Waals surface area contributed by atoms with Gasteiger partial charge in [0.2, 0.25) is 0 Å². The third kappa shape index (κ3) is 5.66. The molecule has 7 heteroatoms. The van der Waals surface area contributed by atoms with Gasteiger partial charge < -0.3 is 14.6 Å². The number of amides is 1. The highest BCUT2D eigenvalue weighted by atomic mass is 19.2. The van der Waals surface area contributed by atoms with Gasteiger partial charge in [0.1, 0.15) is 5.75 Å². The molecule has 0 fully saturated rings. The molecule has 0 spiro atoms. The Hall–Kier alpha value is -3.74. The molecule has 5 nitrogen and oxygen atoms in total. The molecule has 37 heavy (non-hydrogen) atoms. The number of hydrogen-bond donors (Lipinski definition) is 1. The predicted octanol–water partition coefficient (Wildman–Crippen LogP) is 6.42. The Morgan fingerprint density at radius 3 is 2.54 bits per heavy atom. The van der Waals surface area contributed by atoms with E-state index in [9.17, 15) is 18.4 Å². The Balaban J connectivity index is 1.75. The Labute approximate surface area is 215 Å². The lowest BCUT2D eigenvalue weighted by Gasteiger charge is -2.23. The molecule has 2 aromatic carbocycles. The van der Waals surface area contributed by atoms with E-state index in [2.05, 4.69) is 9.88 Å². The molecule has 1 N–H and O–H groups in total. The summed E-state index contributed by atoms with van der Waals surface area (Å²) in [6.07, 6.45) is 2.37. The van der Waals surface area contributed by atoms with Crippen LogP contribution in [0.2, 0.25) is 0 Å². The number of ether oxygens (including phenoxy) is 1. The molecule has 194 valence electrons. The molecule has 1 aliphatic carbocycles. The van der Waals surface area contributed by atoms with Gasteiger partial charge in [-0.3, -0.25) is 9.59 Å². The van der Waals surface area contributed by atoms with Crippen LogP contribution in [-0.2, 0) is 11.3 Å². The van der Waals surface area contributed by atoms with E-state index < -0.39 is 11.8 Å². The molecule has 0 radical (unpaired) electrons. The molecular formula is C30H32F2N2O3. The average molecular weight is 507 g/mol. The monoisotopic (exact) mass is 506 g/mol. The fraction of sp³-hybridized carbons (Fsp3) is 0.333. The first-order chi connectivity index (χ1) is 17.6. The van der Waals surface area contributed by atoms with Gasteiger partial charge in [-0.15, -0.1) is 0 Å². The molecule has 3 aromatic rings. The number of esters is 1. The summed E-state index contributed by atoms with van der Waals surface area (Å²) in [7, 11) is 0. The van der Waals surface area contributed by atoms with Crippen molar-refractivity contribution in [2.24, 2.45) is 0 Å². The third-order valence-corrected chi connectivity index (χ3v) is 6.53. The molecule has 2 unspecified atom stereocenters. The third-order valence-electron chi connectivity index (χ3n) is 6.53. The van der Waals surface area contributed by atoms with Crippen molar-refractivity contribution >= 4 is 22.8 Å². The minimum absolute atomic E-state index is 0.00485. The van der Waals surface area contributed by atoms with Crippen LogP contribution in [0.15, 0.2) is 72.3 Å². The van der Waals surface area contributed by atoms with Gasteiger partial charge in [0.15, 0.2) is 11.8 Å². The highest BCUT2D eigenvalue weighted by Crippen LogP contribution is 2.35. The van der Waals surface area contributed by atoms with Crippen molar-refractivity contribution in [3.8, 4) is 5.75 Å². The van der Waals surface area contributed by atoms with Crippen molar-refractivity contribution in [2.75, 3.05) is 6.54 Å². The number of aromatic nitrogens is 1. The van der Waals surface area contributed by atoms with Crippen molar-refractivity contribution in [3.05, 3.63) is 89.2 Å². The highest BCUT2D eigenvalue weighted by Gasteiger charge is 2.33. The maximum atomic E-state index is 14.1. The summed E-state index contributed by atoms with van der Waals surface area (Å²) in [5.41, 5.74) is 1.63. The van der Waals surface area contributed by atoms with Crippen LogP contribution < -0.4 is 10.1 Å². The van der Waals surface area contributed by atoms with E-state index in [0.29, 0.717) is 23.4 Å². The molecule has 1 heterocycles. The lowest BCUT2D eigenvalue weighted by molar-refractivity contribution is -0.134. The zero-order valence-electron chi connectivity index (χ0n) is 21.6. The van der Waals surface area contributed by atoms with E-state index in [0.717, 1.165) is 22.2 Å². The van der Waals surface area contributed by atoms with Gasteiger partial charge >= 0.3 is 5.97 Å². The van der Waals surface area contributed by atoms with Crippen molar-refractivity contribution in [1.29, 1.82) is 0 Å². The van der Waals surface area contributed by atoms with Crippen LogP contribution in [0.5, 0.6) is 5.75 Å². The van der Waals surface area contributed by atoms with Gasteiger partial charge in [0.25, 0.3) is 5.91 Å². The van der Waals surface area contributed by atoms with Crippen LogP contribution in [0.4, 0.5) is 8.78 Å². The number of alkyl halides is 2. The Morgan fingerprint density at radius 2 is 1.89 bits per heavy atom. The minimum Gasteiger partial charge on any atom is -0.426 e. The minimum atomic E-state index is -2.05. The molecule has 0 aliphatic heterocycles. The maximum Gasteiger partial charge on any atom is 0.310 e. The number of carbonyl (C=O) groups is 2. The van der Waals surface area contributed by atoms with Crippen molar-refractivity contribution in [2.45, 2.75) is 58.4 Å². The van der Waals surface area contributed by atoms with E-state index in [-0.39, 0.29) is 30.8 Å². The number of benzene rings is 2. The summed E-state index contributed by atoms with van der Waals surface area (Å²) in [6.45, 7) is 7.55. The molecule has 1 aliphatic rings. The Kier molecular flexibility index (Phi) is 7.62. The molecule has 1 amide bonds. The Bertz CT molecular complexity index is 1370. The summed E-state index contributed by atoms with van der Waals surface area (Å²) >= 11 is 0. The van der Waals surface area contributed by atoms with Crippen molar-refractivity contribution in [3.63, 3.8) is 0 Å². The summed E-state index contributed by atoms with van der Waals surface area (Å²) in [5, 5.41) is 3.61. The van der Waals surface area contributed by atoms with E-state index in [1.807, 2.05) is 44.2 Å². The number of hydrogen-bond acceptors (Lipinski definition) is 3. The standard InChI is InChI=1S/C30H32F2N2O3/c1-5-26(35)37-22-11-12-23-24(16-22)34(18-20-9-7-6-8-10-20)28(19(2)3)27(23)29(36)33-17-21-13-14-30(4,32)25(31)15-21/h6-16,19,25H,5,17-18H2,1-4H3,(H,33,36). The van der Waals surface area contributed by atoms with Gasteiger partial charge in [0.05, 0.1) is 11.1 Å². The number of rotatable bonds is 8. The van der Waals surface area contributed by atoms with Crippen LogP contribution in [0.25, 0.3) is 10.9 Å². The number of nitrogens with zero attached hydrogens (tertiary/aromatic N) is 1. The summed E-state index contributed by atoms with van der Waals surface area (Å²) in [4.78, 5) is 25.5. The zero-order chi connectivity index (χ0) is 26.7. The van der Waals surface area contributed by atoms with Gasteiger partial charge in [-0.2, -0.15) is 0 Å². The summed E-state index contributed by atoms with van der Waals surface area (Å²) in [5.74, 6) is -0.243. The summed E-state index contributed by atoms with van der Waals surface area (Å²) < 4.78 is 35.8. The lowest BCUT2D eigenvalue weighted by Crippen LogP contribution is -2.32. The maximum absolute atomic E-state index is 14.1. The average Bonchev–Trinajstić information content (AvgIpc) is 3.19. The smallest absolute Gasteiger partial charge is 0.310 e. The zero-order valence-corrected chi connectivity index (χ0v) is 21.6. The molecular weight excluding hydrogens is 474 g/mol. The largest absolute Gasteiger partial charge is 0.426 e. The number of allylic oxidation sites excluding steroid dienone is 2. The fourth-order valence-corrected chi connectivity index (χ4v) is 4.55. The van der Waals surface area contributed by atoms with Gasteiger partial charge in [-0.05, 0) is 48.3 Å². The van der Waals surface area contributed by atoms with E-state index in [1.165, 1.54) is 25.2 Å². The molecule has 0 bridgehead atoms. The number of fused-ring (bicyclic) bond motifs is 1. The van der Waals surface area contributed by atoms with Crippen LogP contribution in [0.1, 0.15) is 61.6 Å². The quantitative estimate of drug-likeness (QED) is 0.283. The van der Waals surface area contributed by atoms with Crippen molar-refractivity contribution in [1.82, 2.24) is 9.88 Å². The second-order valence-corrected chi connectivity index (χ2v) is 9.80. The SMILES string of the molecule is CCC(=O)Oc1ccc2c(C(=O)NCC3=CC(F)C(C)(F)C=C3)c(C(C)C)n(Cc3ccccc3)c2c1. The van der Waals surface area contributed by atoms with Crippen LogP contribution in [-0.4, -0.2) is 34.8 Å². The van der Waals surface area contributed by atoms with Crippen LogP contribution in [0.3, 0.4) is 0 Å². The van der Waals surface area contributed by atoms with Crippen LogP contribution >= 0.6 is 0 Å². The topological polar surface area (TPSA) is 60.3 Å². The first-order valence-electron chi connectivity index (χ1n) is 12.5. The normalized spacial score (nSPS) is 19.2. The molecule has 1 aromatic heterocycles. The van der Waals surface area contributed by atoms with Gasteiger partial charge in [-0.1, -0.05) is 57.2 Å². The number of halogens is 2. The van der Waals surface area contributed by atoms with Crippen LogP contribution in [0, 0.1) is 0 Å². The first kappa shape index (κ1) is 26.3. The van der Waals surface area contributed by atoms with E-state index in [1.54, 1.807) is 25.1 Å². The van der Waals surface area contributed by atoms with Crippen molar-refractivity contribution < 1.29 is 23.1 Å². The second-order valence-electron chi connectivity index (χ2n) is 9.80. The summed E-state index contributed by atoms with van der Waals surface area (Å²) in [6, 6.07) is 15.2. The lowest BCUT2D eigenvalue weighted by atomic mass is 9.93. The number of carbonyl (C=O) groups excluding carboxylic acids is 2. The molecule has 2 atom stereocenters. The molecule has 0 saturated carbocycles. The van der Waals surface area contributed by atoms with Gasteiger partial charge in [0, 0.05) is 36.7 Å². The first-order valence-corrected chi connectivity index (χ1v) is 12.5. The predicted molar refractivity (Wildman–Crippen MR) is 141 cm³/mol. The van der Waals surface area contributed by atoms with E-state index in [4.69, 9.17) is 4.74 Å². The van der Waals surface area contributed by atoms with E-state index >= 15 is 0 Å². The van der Waals surface area contributed by atoms with Gasteiger partial charge in [-0.25, -0.2) is 8.78 Å². The highest BCUT2D eigenvalue weighted by molar-refractivity contribution is 6.09. The molecule has 0 saturated heterocycles. The Morgan fingerprint density at radius 1 is 1.16 bits per heavy atom. The number of nitrogens with one attached hydrogen (secondary N) is 1. The second kappa shape index (κ2) is 10.7.